The van der Waals surface area contributed by atoms with Crippen molar-refractivity contribution in [3.05, 3.63) is 42.5 Å². The fourth-order valence-electron chi connectivity index (χ4n) is 2.22. The van der Waals surface area contributed by atoms with E-state index in [2.05, 4.69) is 19.9 Å². The Labute approximate surface area is 132 Å². The summed E-state index contributed by atoms with van der Waals surface area (Å²) in [7, 11) is 3.46. The number of aromatic nitrogens is 5. The molecule has 0 saturated carbocycles. The number of hydrogen-bond donors (Lipinski definition) is 1. The molecule has 3 heterocycles. The maximum absolute atomic E-state index is 5.85. The third-order valence-corrected chi connectivity index (χ3v) is 3.43. The number of hydrogen-bond acceptors (Lipinski definition) is 7. The van der Waals surface area contributed by atoms with E-state index in [0.29, 0.717) is 28.6 Å². The molecule has 8 nitrogen and oxygen atoms in total. The quantitative estimate of drug-likeness (QED) is 0.727. The van der Waals surface area contributed by atoms with Crippen LogP contribution in [-0.2, 0) is 7.05 Å². The number of pyridine rings is 1. The average Bonchev–Trinajstić information content (AvgIpc) is 2.88. The van der Waals surface area contributed by atoms with Crippen LogP contribution in [0.15, 0.2) is 31.0 Å². The van der Waals surface area contributed by atoms with Crippen LogP contribution in [0.1, 0.15) is 11.5 Å². The minimum Gasteiger partial charge on any atom is -0.491 e. The number of nitrogens with zero attached hydrogens (tertiary/aromatic N) is 5. The number of aryl methyl sites for hydroxylation is 2. The summed E-state index contributed by atoms with van der Waals surface area (Å²) in [4.78, 5) is 16.9. The number of nitrogens with two attached hydrogens (primary N) is 1. The lowest BCUT2D eigenvalue weighted by molar-refractivity contribution is 0.387. The highest BCUT2D eigenvalue weighted by Crippen LogP contribution is 2.35. The lowest BCUT2D eigenvalue weighted by atomic mass is 10.3. The van der Waals surface area contributed by atoms with Crippen molar-refractivity contribution in [2.45, 2.75) is 6.92 Å². The molecular weight excluding hydrogens is 296 g/mol. The van der Waals surface area contributed by atoms with Gasteiger partial charge in [-0.2, -0.15) is 0 Å². The molecule has 0 bridgehead atoms. The van der Waals surface area contributed by atoms with Crippen LogP contribution in [0.4, 0.5) is 0 Å². The molecule has 3 rings (SSSR count). The Hall–Kier alpha value is -3.16. The van der Waals surface area contributed by atoms with E-state index in [1.54, 1.807) is 31.9 Å². The summed E-state index contributed by atoms with van der Waals surface area (Å²) in [6.07, 6.45) is 7.57. The summed E-state index contributed by atoms with van der Waals surface area (Å²) in [6.45, 7) is 1.90. The van der Waals surface area contributed by atoms with Crippen molar-refractivity contribution in [3.8, 4) is 11.5 Å². The summed E-state index contributed by atoms with van der Waals surface area (Å²) >= 11 is 0. The molecule has 0 aromatic carbocycles. The van der Waals surface area contributed by atoms with Crippen LogP contribution >= 0.6 is 0 Å². The van der Waals surface area contributed by atoms with Gasteiger partial charge in [0.15, 0.2) is 22.9 Å². The van der Waals surface area contributed by atoms with Gasteiger partial charge in [0.2, 0.25) is 0 Å². The Morgan fingerprint density at radius 1 is 1.26 bits per heavy atom. The van der Waals surface area contributed by atoms with Gasteiger partial charge < -0.3 is 19.8 Å². The average molecular weight is 312 g/mol. The van der Waals surface area contributed by atoms with Crippen molar-refractivity contribution < 1.29 is 9.47 Å². The van der Waals surface area contributed by atoms with Gasteiger partial charge >= 0.3 is 0 Å². The molecule has 0 fully saturated rings. The normalized spacial score (nSPS) is 11.7. The third-order valence-electron chi connectivity index (χ3n) is 3.43. The van der Waals surface area contributed by atoms with Gasteiger partial charge in [-0.25, -0.2) is 15.0 Å². The molecule has 0 atom stereocenters. The molecule has 0 amide bonds. The summed E-state index contributed by atoms with van der Waals surface area (Å²) in [5.41, 5.74) is 7.51. The highest BCUT2D eigenvalue weighted by molar-refractivity contribution is 5.82. The van der Waals surface area contributed by atoms with Crippen LogP contribution in [0.5, 0.6) is 11.5 Å². The highest BCUT2D eigenvalue weighted by atomic mass is 16.5. The fraction of sp³-hybridized carbons (Fsp3) is 0.200. The molecule has 0 radical (unpaired) electrons. The first-order valence-electron chi connectivity index (χ1n) is 6.87. The van der Waals surface area contributed by atoms with Crippen LogP contribution in [0.3, 0.4) is 0 Å². The number of imidazole rings is 1. The number of ether oxygens (including phenoxy) is 2. The van der Waals surface area contributed by atoms with Gasteiger partial charge in [0.05, 0.1) is 19.5 Å². The number of rotatable bonds is 4. The van der Waals surface area contributed by atoms with E-state index < -0.39 is 0 Å². The van der Waals surface area contributed by atoms with Crippen LogP contribution in [-0.4, -0.2) is 31.6 Å². The van der Waals surface area contributed by atoms with Crippen LogP contribution in [0.25, 0.3) is 16.9 Å². The zero-order valence-electron chi connectivity index (χ0n) is 13.0. The van der Waals surface area contributed by atoms with Gasteiger partial charge in [0, 0.05) is 25.6 Å². The summed E-state index contributed by atoms with van der Waals surface area (Å²) in [6, 6.07) is 0. The monoisotopic (exact) mass is 312 g/mol. The lowest BCUT2D eigenvalue weighted by Gasteiger charge is -2.13. The molecule has 0 aliphatic carbocycles. The molecule has 0 aliphatic heterocycles. The van der Waals surface area contributed by atoms with E-state index in [1.165, 1.54) is 6.20 Å². The van der Waals surface area contributed by atoms with Gasteiger partial charge in [0.1, 0.15) is 17.0 Å². The molecule has 3 aromatic rings. The number of fused-ring (bicyclic) bond motifs is 1. The Bertz CT molecular complexity index is 873. The molecule has 0 saturated heterocycles. The lowest BCUT2D eigenvalue weighted by Crippen LogP contribution is -2.03. The second-order valence-electron chi connectivity index (χ2n) is 4.77. The van der Waals surface area contributed by atoms with E-state index in [1.807, 2.05) is 18.5 Å². The smallest absolute Gasteiger partial charge is 0.190 e. The van der Waals surface area contributed by atoms with Crippen LogP contribution in [0, 0.1) is 6.92 Å². The van der Waals surface area contributed by atoms with E-state index >= 15 is 0 Å². The first-order valence-corrected chi connectivity index (χ1v) is 6.87. The van der Waals surface area contributed by atoms with Crippen molar-refractivity contribution in [3.63, 3.8) is 0 Å². The predicted octanol–water partition coefficient (Wildman–Crippen LogP) is 1.41. The maximum atomic E-state index is 5.85. The second kappa shape index (κ2) is 5.91. The van der Waals surface area contributed by atoms with Gasteiger partial charge in [-0.1, -0.05) is 0 Å². The molecule has 0 aliphatic rings. The Morgan fingerprint density at radius 2 is 2.09 bits per heavy atom. The van der Waals surface area contributed by atoms with E-state index in [9.17, 15) is 0 Å². The molecule has 2 N–H and O–H groups in total. The Morgan fingerprint density at radius 3 is 2.74 bits per heavy atom. The van der Waals surface area contributed by atoms with E-state index in [0.717, 1.165) is 11.3 Å². The molecule has 0 unspecified atom stereocenters. The van der Waals surface area contributed by atoms with Gasteiger partial charge in [-0.15, -0.1) is 0 Å². The summed E-state index contributed by atoms with van der Waals surface area (Å²) < 4.78 is 13.2. The van der Waals surface area contributed by atoms with Gasteiger partial charge in [0.25, 0.3) is 0 Å². The molecule has 8 heteroatoms. The summed E-state index contributed by atoms with van der Waals surface area (Å²) in [5, 5.41) is 0. The first-order chi connectivity index (χ1) is 11.2. The fourth-order valence-corrected chi connectivity index (χ4v) is 2.22. The van der Waals surface area contributed by atoms with E-state index in [-0.39, 0.29) is 0 Å². The Kier molecular flexibility index (Phi) is 3.80. The third kappa shape index (κ3) is 2.54. The minimum atomic E-state index is 0.358. The highest BCUT2D eigenvalue weighted by Gasteiger charge is 2.18. The van der Waals surface area contributed by atoms with Gasteiger partial charge in [-0.3, -0.25) is 4.98 Å². The second-order valence-corrected chi connectivity index (χ2v) is 4.77. The molecule has 23 heavy (non-hydrogen) atoms. The molecular formula is C15H16N6O2. The van der Waals surface area contributed by atoms with Crippen LogP contribution in [0.2, 0.25) is 0 Å². The topological polar surface area (TPSA) is 101 Å². The van der Waals surface area contributed by atoms with Crippen LogP contribution < -0.4 is 15.2 Å². The SMILES string of the molecule is COc1c(O/C(=C/N)c2cnccn2)cnc2nc(C)n(C)c12. The van der Waals surface area contributed by atoms with Crippen molar-refractivity contribution in [2.24, 2.45) is 12.8 Å². The Balaban J connectivity index is 2.08. The molecule has 0 spiro atoms. The largest absolute Gasteiger partial charge is 0.491 e. The maximum Gasteiger partial charge on any atom is 0.190 e. The minimum absolute atomic E-state index is 0.358. The predicted molar refractivity (Wildman–Crippen MR) is 84.6 cm³/mol. The van der Waals surface area contributed by atoms with E-state index in [4.69, 9.17) is 15.2 Å². The molecule has 3 aromatic heterocycles. The standard InChI is InChI=1S/C15H16N6O2/c1-9-20-15-13(21(9)2)14(22-3)12(8-19-15)23-11(6-16)10-7-17-4-5-18-10/h4-8H,16H2,1-3H3/b11-6+. The zero-order chi connectivity index (χ0) is 16.4. The van der Waals surface area contributed by atoms with Gasteiger partial charge in [-0.05, 0) is 6.92 Å². The van der Waals surface area contributed by atoms with Crippen molar-refractivity contribution >= 4 is 16.9 Å². The first kappa shape index (κ1) is 14.8. The number of methoxy groups -OCH3 is 1. The molecule has 118 valence electrons. The van der Waals surface area contributed by atoms with Crippen molar-refractivity contribution in [1.29, 1.82) is 0 Å². The van der Waals surface area contributed by atoms with Crippen molar-refractivity contribution in [2.75, 3.05) is 7.11 Å². The zero-order valence-corrected chi connectivity index (χ0v) is 13.0. The van der Waals surface area contributed by atoms with Crippen molar-refractivity contribution in [1.82, 2.24) is 24.5 Å². The summed E-state index contributed by atoms with van der Waals surface area (Å²) in [5.74, 6) is 2.13.